The molecule has 1 aliphatic rings. The summed E-state index contributed by atoms with van der Waals surface area (Å²) in [5.74, 6) is -16.1. The monoisotopic (exact) mass is 1540 g/mol. The number of Topliss-reactive ketones (excluding diaryl/α,β-unsaturated/α-hetero) is 3. The van der Waals surface area contributed by atoms with Crippen LogP contribution in [0.25, 0.3) is 0 Å². The van der Waals surface area contributed by atoms with Crippen molar-refractivity contribution in [3.05, 3.63) is 0 Å². The van der Waals surface area contributed by atoms with E-state index in [1.165, 1.54) is 13.8 Å². The van der Waals surface area contributed by atoms with Crippen molar-refractivity contribution in [3.8, 4) is 0 Å². The molecular weight excluding hydrogens is 1410 g/mol. The van der Waals surface area contributed by atoms with Crippen molar-refractivity contribution in [1.82, 2.24) is 63.8 Å². The van der Waals surface area contributed by atoms with Gasteiger partial charge < -0.3 is 97.7 Å². The summed E-state index contributed by atoms with van der Waals surface area (Å²) in [4.78, 5) is 224. The van der Waals surface area contributed by atoms with E-state index in [4.69, 9.17) is 23.7 Å². The molecule has 1 rings (SSSR count). The Morgan fingerprint density at radius 3 is 1.44 bits per heavy atom. The Hall–Kier alpha value is -8.76. The number of amides is 12. The highest BCUT2D eigenvalue weighted by atomic mass is 16.6. The first-order valence-electron chi connectivity index (χ1n) is 37.0. The molecular formula is C73H126N12O23. The van der Waals surface area contributed by atoms with Crippen molar-refractivity contribution in [3.63, 3.8) is 0 Å². The number of hydrogen-bond donors (Lipinski definition) is 14. The Morgan fingerprint density at radius 1 is 0.519 bits per heavy atom. The third-order valence-corrected chi connectivity index (χ3v) is 15.9. The van der Waals surface area contributed by atoms with Gasteiger partial charge >= 0.3 is 30.3 Å². The van der Waals surface area contributed by atoms with Gasteiger partial charge in [0.2, 0.25) is 47.3 Å². The van der Waals surface area contributed by atoms with E-state index in [9.17, 15) is 77.3 Å². The molecule has 1 fully saturated rings. The molecule has 35 heteroatoms. The maximum Gasteiger partial charge on any atom is 0.407 e. The van der Waals surface area contributed by atoms with Crippen LogP contribution in [0.5, 0.6) is 0 Å². The quantitative estimate of drug-likeness (QED) is 0.0363. The average molecular weight is 1540 g/mol. The zero-order valence-electron chi connectivity index (χ0n) is 67.2. The fourth-order valence-electron chi connectivity index (χ4n) is 10.4. The molecule has 12 atom stereocenters. The number of ether oxygens (including phenoxy) is 5. The van der Waals surface area contributed by atoms with Crippen LogP contribution < -0.4 is 63.8 Å². The standard InChI is InChI=1S/C73H126N12O23/c1-22-24-47(79-55(91)29-34-104-64(99)69(7,8)9)54(90)38-45(41(5)86)59(94)84-51(39-78-68(103)108-73(19,20)21)53(89)37-43-25-30-74-63(98)56(42(6)87)85-58(93)44(26-31-75-65(100)105-70(10,11)12)36-52(88)48(27-32-76-66(101)106-71(13,14)15)81-60(95)46(23-2)80-62(97)50(35-40(3)4)83-61(96)49(82-57(43)92)28-33-77-67(102)107-72(16,17)18/h40-51,56,86-87H,22-39H2,1-21H3,(H,74,98)(H,75,100)(H,76,101)(H,77,102)(H,78,103)(H,79,91)(H,80,97)(H,81,95)(H,82,92)(H,83,96)(H,84,94)(H,85,93)/t41?,42?,43-,44-,45+,46+,47+,48+,49-,50-,51+,56+/m1/s1. The van der Waals surface area contributed by atoms with Crippen molar-refractivity contribution < 1.29 is 111 Å². The molecule has 0 aromatic carbocycles. The van der Waals surface area contributed by atoms with Crippen LogP contribution in [0.15, 0.2) is 0 Å². The number of nitrogens with one attached hydrogen (secondary N) is 12. The van der Waals surface area contributed by atoms with E-state index >= 15 is 9.59 Å². The number of aliphatic hydroxyl groups is 2. The van der Waals surface area contributed by atoms with E-state index in [2.05, 4.69) is 63.8 Å². The fourth-order valence-corrected chi connectivity index (χ4v) is 10.4. The topological polar surface area (TPSA) is 504 Å². The lowest BCUT2D eigenvalue weighted by molar-refractivity contribution is -0.153. The Labute approximate surface area is 634 Å². The lowest BCUT2D eigenvalue weighted by atomic mass is 9.90. The van der Waals surface area contributed by atoms with Crippen molar-refractivity contribution in [2.24, 2.45) is 29.1 Å². The second-order valence-corrected chi connectivity index (χ2v) is 32.5. The van der Waals surface area contributed by atoms with Crippen LogP contribution in [0.2, 0.25) is 0 Å². The molecule has 616 valence electrons. The molecule has 1 heterocycles. The van der Waals surface area contributed by atoms with Gasteiger partial charge in [-0.25, -0.2) is 19.2 Å². The summed E-state index contributed by atoms with van der Waals surface area (Å²) in [6, 6.07) is -11.0. The summed E-state index contributed by atoms with van der Waals surface area (Å²) < 4.78 is 26.7. The molecule has 0 saturated carbocycles. The van der Waals surface area contributed by atoms with Crippen molar-refractivity contribution in [2.75, 3.05) is 39.3 Å². The Bertz CT molecular complexity index is 3070. The third kappa shape index (κ3) is 40.4. The first kappa shape index (κ1) is 97.3. The second kappa shape index (κ2) is 45.3. The maximum absolute atomic E-state index is 15.2. The molecule has 0 spiro atoms. The summed E-state index contributed by atoms with van der Waals surface area (Å²) in [7, 11) is 0. The molecule has 14 N–H and O–H groups in total. The Kier molecular flexibility index (Phi) is 40.8. The highest BCUT2D eigenvalue weighted by Crippen LogP contribution is 2.21. The van der Waals surface area contributed by atoms with Gasteiger partial charge in [-0.05, 0) is 169 Å². The van der Waals surface area contributed by atoms with E-state index in [1.807, 2.05) is 0 Å². The summed E-state index contributed by atoms with van der Waals surface area (Å²) in [6.07, 6.45) is -11.2. The molecule has 0 bridgehead atoms. The Morgan fingerprint density at radius 2 is 0.972 bits per heavy atom. The molecule has 0 aliphatic carbocycles. The molecule has 1 aliphatic heterocycles. The van der Waals surface area contributed by atoms with Gasteiger partial charge in [0.1, 0.15) is 59.2 Å². The highest BCUT2D eigenvalue weighted by Gasteiger charge is 2.39. The molecule has 2 unspecified atom stereocenters. The first-order chi connectivity index (χ1) is 49.6. The van der Waals surface area contributed by atoms with Gasteiger partial charge in [0.25, 0.3) is 0 Å². The summed E-state index contributed by atoms with van der Waals surface area (Å²) in [5.41, 5.74) is -4.86. The normalized spacial score (nSPS) is 20.8. The van der Waals surface area contributed by atoms with Crippen LogP contribution in [-0.4, -0.2) is 221 Å². The van der Waals surface area contributed by atoms with Crippen LogP contribution in [0.3, 0.4) is 0 Å². The third-order valence-electron chi connectivity index (χ3n) is 15.9. The first-order valence-corrected chi connectivity index (χ1v) is 37.0. The fraction of sp³-hybridized carbons (Fsp3) is 0.781. The van der Waals surface area contributed by atoms with Crippen LogP contribution in [0.1, 0.15) is 222 Å². The van der Waals surface area contributed by atoms with Crippen molar-refractivity contribution in [1.29, 1.82) is 0 Å². The van der Waals surface area contributed by atoms with Gasteiger partial charge in [-0.1, -0.05) is 34.1 Å². The maximum atomic E-state index is 15.2. The number of carbonyl (C=O) groups excluding carboxylic acids is 16. The molecule has 1 saturated heterocycles. The molecule has 35 nitrogen and oxygen atoms in total. The minimum absolute atomic E-state index is 0.0790. The number of rotatable bonds is 30. The molecule has 108 heavy (non-hydrogen) atoms. The summed E-state index contributed by atoms with van der Waals surface area (Å²) in [6.45, 7) is 30.4. The van der Waals surface area contributed by atoms with Crippen molar-refractivity contribution in [2.45, 2.75) is 299 Å². The van der Waals surface area contributed by atoms with E-state index in [1.54, 1.807) is 125 Å². The van der Waals surface area contributed by atoms with E-state index in [0.29, 0.717) is 6.42 Å². The van der Waals surface area contributed by atoms with E-state index in [-0.39, 0.29) is 70.7 Å². The Balaban J connectivity index is 4.36. The number of alkyl carbamates (subject to hydrolysis) is 4. The SMILES string of the molecule is CCC[C@H](NC(=O)CCOC(=O)C(C)(C)C)C(=O)C[C@H](C(=O)N[C@@H](CNC(=O)OC(C)(C)C)C(=O)C[C@H]1CCNC(=O)[C@H](C(C)O)NC(=O)[C@H](CCNC(=O)OC(C)(C)C)CC(=O)[C@H](CCNC(=O)OC(C)(C)C)NC(=O)[C@H](CC)NC(=O)[C@@H](CC(C)C)NC(=O)[C@@H](CCNC(=O)OC(C)(C)C)NC1=O)C(C)O. The average Bonchev–Trinajstić information content (AvgIpc) is 0.945. The molecule has 0 radical (unpaired) electrons. The van der Waals surface area contributed by atoms with Gasteiger partial charge in [0.15, 0.2) is 17.3 Å². The van der Waals surface area contributed by atoms with Gasteiger partial charge in [-0.2, -0.15) is 0 Å². The molecule has 12 amide bonds. The minimum atomic E-state index is -1.85. The highest BCUT2D eigenvalue weighted by molar-refractivity contribution is 5.99. The molecule has 0 aromatic heterocycles. The van der Waals surface area contributed by atoms with Crippen LogP contribution >= 0.6 is 0 Å². The number of ketones is 3. The van der Waals surface area contributed by atoms with Crippen LogP contribution in [-0.2, 0) is 81.2 Å². The second-order valence-electron chi connectivity index (χ2n) is 32.5. The minimum Gasteiger partial charge on any atom is -0.465 e. The van der Waals surface area contributed by atoms with E-state index in [0.717, 1.165) is 6.92 Å². The largest absolute Gasteiger partial charge is 0.465 e. The van der Waals surface area contributed by atoms with Crippen LogP contribution in [0, 0.1) is 29.1 Å². The van der Waals surface area contributed by atoms with Crippen LogP contribution in [0.4, 0.5) is 19.2 Å². The lowest BCUT2D eigenvalue weighted by Crippen LogP contribution is -2.58. The smallest absolute Gasteiger partial charge is 0.407 e. The number of carbonyl (C=O) groups is 16. The number of aliphatic hydroxyl groups excluding tert-OH is 2. The van der Waals surface area contributed by atoms with Gasteiger partial charge in [0, 0.05) is 63.8 Å². The predicted octanol–water partition coefficient (Wildman–Crippen LogP) is 2.89. The zero-order chi connectivity index (χ0) is 83.0. The lowest BCUT2D eigenvalue weighted by Gasteiger charge is -2.28. The van der Waals surface area contributed by atoms with Crippen molar-refractivity contribution >= 4 is 94.9 Å². The van der Waals surface area contributed by atoms with Gasteiger partial charge in [-0.3, -0.25) is 57.5 Å². The van der Waals surface area contributed by atoms with E-state index < -0.39 is 240 Å². The van der Waals surface area contributed by atoms with Gasteiger partial charge in [-0.15, -0.1) is 0 Å². The number of hydrogen-bond acceptors (Lipinski definition) is 23. The van der Waals surface area contributed by atoms with Gasteiger partial charge in [0.05, 0.1) is 42.0 Å². The summed E-state index contributed by atoms with van der Waals surface area (Å²) >= 11 is 0. The predicted molar refractivity (Wildman–Crippen MR) is 394 cm³/mol. The number of esters is 1. The summed E-state index contributed by atoms with van der Waals surface area (Å²) in [5, 5.41) is 52.9. The molecule has 0 aromatic rings. The zero-order valence-corrected chi connectivity index (χ0v) is 67.2.